The standard InChI is InChI=1S/C20H34N4O2/c1-5-21-20(22-14-9-15-26-8-4)23-16-17-10-12-18(13-11-17)19(25)24(6-2)7-3/h10-13H,5-9,14-16H2,1-4H3,(H2,21,22,23). The summed E-state index contributed by atoms with van der Waals surface area (Å²) in [4.78, 5) is 18.8. The second-order valence-electron chi connectivity index (χ2n) is 5.85. The average molecular weight is 363 g/mol. The van der Waals surface area contributed by atoms with Crippen molar-refractivity contribution in [3.8, 4) is 0 Å². The minimum Gasteiger partial charge on any atom is -0.382 e. The van der Waals surface area contributed by atoms with Crippen LogP contribution in [0.4, 0.5) is 0 Å². The second kappa shape index (κ2) is 13.2. The molecule has 6 nitrogen and oxygen atoms in total. The van der Waals surface area contributed by atoms with E-state index < -0.39 is 0 Å². The summed E-state index contributed by atoms with van der Waals surface area (Å²) in [5, 5.41) is 6.55. The van der Waals surface area contributed by atoms with Crippen LogP contribution >= 0.6 is 0 Å². The van der Waals surface area contributed by atoms with Crippen LogP contribution < -0.4 is 10.6 Å². The Labute approximate surface area is 158 Å². The highest BCUT2D eigenvalue weighted by Gasteiger charge is 2.11. The van der Waals surface area contributed by atoms with Gasteiger partial charge in [-0.15, -0.1) is 0 Å². The Hall–Kier alpha value is -2.08. The molecule has 2 N–H and O–H groups in total. The largest absolute Gasteiger partial charge is 0.382 e. The molecule has 1 aromatic rings. The van der Waals surface area contributed by atoms with E-state index in [0.717, 1.165) is 62.9 Å². The van der Waals surface area contributed by atoms with Gasteiger partial charge in [-0.25, -0.2) is 4.99 Å². The van der Waals surface area contributed by atoms with E-state index in [1.807, 2.05) is 56.9 Å². The summed E-state index contributed by atoms with van der Waals surface area (Å²) in [6.07, 6.45) is 0.945. The number of hydrogen-bond donors (Lipinski definition) is 2. The summed E-state index contributed by atoms with van der Waals surface area (Å²) < 4.78 is 5.34. The van der Waals surface area contributed by atoms with Gasteiger partial charge in [0.25, 0.3) is 5.91 Å². The molecule has 0 heterocycles. The lowest BCUT2D eigenvalue weighted by Crippen LogP contribution is -2.38. The molecule has 1 rings (SSSR count). The zero-order chi connectivity index (χ0) is 19.2. The zero-order valence-electron chi connectivity index (χ0n) is 16.7. The molecule has 0 bridgehead atoms. The molecule has 1 aromatic carbocycles. The summed E-state index contributed by atoms with van der Waals surface area (Å²) in [5.41, 5.74) is 1.80. The maximum atomic E-state index is 12.3. The van der Waals surface area contributed by atoms with Gasteiger partial charge in [-0.3, -0.25) is 4.79 Å². The van der Waals surface area contributed by atoms with Crippen molar-refractivity contribution in [3.05, 3.63) is 35.4 Å². The lowest BCUT2D eigenvalue weighted by Gasteiger charge is -2.18. The molecule has 0 unspecified atom stereocenters. The number of amides is 1. The first kappa shape index (κ1) is 22.0. The highest BCUT2D eigenvalue weighted by atomic mass is 16.5. The fourth-order valence-electron chi connectivity index (χ4n) is 2.48. The Morgan fingerprint density at radius 3 is 2.35 bits per heavy atom. The van der Waals surface area contributed by atoms with E-state index in [0.29, 0.717) is 6.54 Å². The van der Waals surface area contributed by atoms with Crippen molar-refractivity contribution in [2.75, 3.05) is 39.4 Å². The number of ether oxygens (including phenoxy) is 1. The minimum atomic E-state index is 0.0781. The van der Waals surface area contributed by atoms with E-state index in [4.69, 9.17) is 4.74 Å². The van der Waals surface area contributed by atoms with Gasteiger partial charge in [-0.2, -0.15) is 0 Å². The number of nitrogens with one attached hydrogen (secondary N) is 2. The third kappa shape index (κ3) is 7.87. The third-order valence-electron chi connectivity index (χ3n) is 3.98. The van der Waals surface area contributed by atoms with E-state index in [9.17, 15) is 4.79 Å². The molecular weight excluding hydrogens is 328 g/mol. The van der Waals surface area contributed by atoms with Crippen molar-refractivity contribution >= 4 is 11.9 Å². The Kier molecular flexibility index (Phi) is 11.1. The number of rotatable bonds is 11. The summed E-state index contributed by atoms with van der Waals surface area (Å²) in [6.45, 7) is 13.2. The molecule has 0 aliphatic heterocycles. The van der Waals surface area contributed by atoms with Gasteiger partial charge in [0.1, 0.15) is 0 Å². The first-order valence-corrected chi connectivity index (χ1v) is 9.64. The van der Waals surface area contributed by atoms with Crippen molar-refractivity contribution in [2.45, 2.75) is 40.7 Å². The highest BCUT2D eigenvalue weighted by molar-refractivity contribution is 5.94. The van der Waals surface area contributed by atoms with E-state index in [2.05, 4.69) is 15.6 Å². The average Bonchev–Trinajstić information content (AvgIpc) is 2.67. The molecule has 0 radical (unpaired) electrons. The fourth-order valence-corrected chi connectivity index (χ4v) is 2.48. The van der Waals surface area contributed by atoms with Gasteiger partial charge in [-0.05, 0) is 51.8 Å². The maximum absolute atomic E-state index is 12.3. The molecule has 146 valence electrons. The first-order chi connectivity index (χ1) is 12.7. The van der Waals surface area contributed by atoms with Gasteiger partial charge < -0.3 is 20.3 Å². The molecule has 0 saturated carbocycles. The monoisotopic (exact) mass is 362 g/mol. The number of carbonyl (C=O) groups is 1. The number of benzene rings is 1. The lowest BCUT2D eigenvalue weighted by atomic mass is 10.1. The van der Waals surface area contributed by atoms with Gasteiger partial charge >= 0.3 is 0 Å². The van der Waals surface area contributed by atoms with E-state index in [1.165, 1.54) is 0 Å². The van der Waals surface area contributed by atoms with Crippen LogP contribution in [0.25, 0.3) is 0 Å². The van der Waals surface area contributed by atoms with Crippen LogP contribution in [0.5, 0.6) is 0 Å². The Balaban J connectivity index is 2.59. The van der Waals surface area contributed by atoms with E-state index >= 15 is 0 Å². The molecular formula is C20H34N4O2. The topological polar surface area (TPSA) is 66.0 Å². The van der Waals surface area contributed by atoms with Crippen molar-refractivity contribution < 1.29 is 9.53 Å². The van der Waals surface area contributed by atoms with Crippen molar-refractivity contribution in [2.24, 2.45) is 4.99 Å². The Morgan fingerprint density at radius 1 is 1.08 bits per heavy atom. The molecule has 0 saturated heterocycles. The quantitative estimate of drug-likeness (QED) is 0.361. The van der Waals surface area contributed by atoms with Gasteiger partial charge in [0.05, 0.1) is 6.54 Å². The van der Waals surface area contributed by atoms with Crippen molar-refractivity contribution in [3.63, 3.8) is 0 Å². The molecule has 0 spiro atoms. The van der Waals surface area contributed by atoms with E-state index in [1.54, 1.807) is 0 Å². The number of nitrogens with zero attached hydrogens (tertiary/aromatic N) is 2. The van der Waals surface area contributed by atoms with E-state index in [-0.39, 0.29) is 5.91 Å². The van der Waals surface area contributed by atoms with Crippen LogP contribution in [0, 0.1) is 0 Å². The maximum Gasteiger partial charge on any atom is 0.253 e. The number of guanidine groups is 1. The Morgan fingerprint density at radius 2 is 1.77 bits per heavy atom. The van der Waals surface area contributed by atoms with Crippen LogP contribution in [0.15, 0.2) is 29.3 Å². The normalized spacial score (nSPS) is 11.3. The van der Waals surface area contributed by atoms with Gasteiger partial charge in [0.15, 0.2) is 5.96 Å². The highest BCUT2D eigenvalue weighted by Crippen LogP contribution is 2.09. The SMILES string of the molecule is CCNC(=NCc1ccc(C(=O)N(CC)CC)cc1)NCCCOCC. The number of carbonyl (C=O) groups excluding carboxylic acids is 1. The summed E-state index contributed by atoms with van der Waals surface area (Å²) in [7, 11) is 0. The van der Waals surface area contributed by atoms with Gasteiger partial charge in [-0.1, -0.05) is 12.1 Å². The molecule has 0 aromatic heterocycles. The van der Waals surface area contributed by atoms with Crippen molar-refractivity contribution in [1.29, 1.82) is 0 Å². The zero-order valence-corrected chi connectivity index (χ0v) is 16.7. The van der Waals surface area contributed by atoms with Crippen LogP contribution in [0.3, 0.4) is 0 Å². The molecule has 0 fully saturated rings. The van der Waals surface area contributed by atoms with Crippen LogP contribution in [0.2, 0.25) is 0 Å². The smallest absolute Gasteiger partial charge is 0.253 e. The predicted octanol–water partition coefficient (Wildman–Crippen LogP) is 2.65. The molecule has 0 aliphatic rings. The summed E-state index contributed by atoms with van der Waals surface area (Å²) >= 11 is 0. The minimum absolute atomic E-state index is 0.0781. The van der Waals surface area contributed by atoms with Crippen LogP contribution in [0.1, 0.15) is 50.0 Å². The molecule has 6 heteroatoms. The van der Waals surface area contributed by atoms with Gasteiger partial charge in [0, 0.05) is 45.0 Å². The third-order valence-corrected chi connectivity index (χ3v) is 3.98. The first-order valence-electron chi connectivity index (χ1n) is 9.64. The lowest BCUT2D eigenvalue weighted by molar-refractivity contribution is 0.0773. The van der Waals surface area contributed by atoms with Crippen molar-refractivity contribution in [1.82, 2.24) is 15.5 Å². The van der Waals surface area contributed by atoms with Crippen LogP contribution in [-0.4, -0.2) is 56.2 Å². The molecule has 0 aliphatic carbocycles. The van der Waals surface area contributed by atoms with Gasteiger partial charge in [0.2, 0.25) is 0 Å². The number of aliphatic imine (C=N–C) groups is 1. The Bertz CT molecular complexity index is 539. The second-order valence-corrected chi connectivity index (χ2v) is 5.85. The molecule has 1 amide bonds. The fraction of sp³-hybridized carbons (Fsp3) is 0.600. The summed E-state index contributed by atoms with van der Waals surface area (Å²) in [5.74, 6) is 0.877. The number of hydrogen-bond acceptors (Lipinski definition) is 3. The predicted molar refractivity (Wildman–Crippen MR) is 108 cm³/mol. The van der Waals surface area contributed by atoms with Crippen LogP contribution in [-0.2, 0) is 11.3 Å². The molecule has 0 atom stereocenters. The molecule has 26 heavy (non-hydrogen) atoms. The summed E-state index contributed by atoms with van der Waals surface area (Å²) in [6, 6.07) is 7.71.